The molecule has 4 heteroatoms. The average Bonchev–Trinajstić information content (AvgIpc) is 2.97. The standard InChI is InChI=1S/C17H14BrNOS/c1-11-3-8-14(16(9-11)20-2)17-19-15(10-21-17)12-4-6-13(18)7-5-12/h3-10H,1-2H3. The lowest BCUT2D eigenvalue weighted by Gasteiger charge is -2.06. The van der Waals surface area contributed by atoms with Crippen LogP contribution in [0.2, 0.25) is 0 Å². The van der Waals surface area contributed by atoms with Crippen molar-refractivity contribution in [3.05, 3.63) is 57.9 Å². The van der Waals surface area contributed by atoms with Gasteiger partial charge in [0.1, 0.15) is 10.8 Å². The number of halogens is 1. The molecular formula is C17H14BrNOS. The Morgan fingerprint density at radius 1 is 1.10 bits per heavy atom. The zero-order valence-corrected chi connectivity index (χ0v) is 14.2. The van der Waals surface area contributed by atoms with Crippen LogP contribution in [0.15, 0.2) is 52.3 Å². The molecule has 0 aliphatic rings. The van der Waals surface area contributed by atoms with E-state index in [9.17, 15) is 0 Å². The molecule has 0 radical (unpaired) electrons. The van der Waals surface area contributed by atoms with E-state index < -0.39 is 0 Å². The van der Waals surface area contributed by atoms with Crippen molar-refractivity contribution in [2.45, 2.75) is 6.92 Å². The van der Waals surface area contributed by atoms with E-state index in [2.05, 4.69) is 52.5 Å². The molecule has 0 atom stereocenters. The summed E-state index contributed by atoms with van der Waals surface area (Å²) in [4.78, 5) is 4.74. The van der Waals surface area contributed by atoms with Gasteiger partial charge in [0, 0.05) is 15.4 Å². The second-order valence-corrected chi connectivity index (χ2v) is 6.52. The lowest BCUT2D eigenvalue weighted by molar-refractivity contribution is 0.416. The molecule has 0 N–H and O–H groups in total. The molecular weight excluding hydrogens is 346 g/mol. The summed E-state index contributed by atoms with van der Waals surface area (Å²) < 4.78 is 6.54. The fourth-order valence-electron chi connectivity index (χ4n) is 2.13. The van der Waals surface area contributed by atoms with Crippen LogP contribution < -0.4 is 4.74 Å². The minimum Gasteiger partial charge on any atom is -0.496 e. The summed E-state index contributed by atoms with van der Waals surface area (Å²) in [5.74, 6) is 0.867. The Kier molecular flexibility index (Phi) is 4.08. The van der Waals surface area contributed by atoms with Crippen LogP contribution in [0.1, 0.15) is 5.56 Å². The van der Waals surface area contributed by atoms with Crippen LogP contribution in [0, 0.1) is 6.92 Å². The molecule has 3 aromatic rings. The van der Waals surface area contributed by atoms with E-state index >= 15 is 0 Å². The number of thiazole rings is 1. The number of aryl methyl sites for hydroxylation is 1. The predicted molar refractivity (Wildman–Crippen MR) is 92.0 cm³/mol. The minimum atomic E-state index is 0.867. The molecule has 0 aliphatic carbocycles. The Morgan fingerprint density at radius 2 is 1.86 bits per heavy atom. The highest BCUT2D eigenvalue weighted by molar-refractivity contribution is 9.10. The van der Waals surface area contributed by atoms with Crippen molar-refractivity contribution in [3.63, 3.8) is 0 Å². The van der Waals surface area contributed by atoms with Gasteiger partial charge in [-0.15, -0.1) is 11.3 Å². The third-order valence-electron chi connectivity index (χ3n) is 3.23. The number of aromatic nitrogens is 1. The quantitative estimate of drug-likeness (QED) is 0.610. The third kappa shape index (κ3) is 3.01. The molecule has 0 aliphatic heterocycles. The van der Waals surface area contributed by atoms with Gasteiger partial charge in [-0.3, -0.25) is 0 Å². The second kappa shape index (κ2) is 6.00. The topological polar surface area (TPSA) is 22.1 Å². The molecule has 0 saturated heterocycles. The van der Waals surface area contributed by atoms with Gasteiger partial charge in [0.15, 0.2) is 0 Å². The van der Waals surface area contributed by atoms with Gasteiger partial charge in [-0.1, -0.05) is 34.1 Å². The van der Waals surface area contributed by atoms with Crippen molar-refractivity contribution in [1.82, 2.24) is 4.98 Å². The van der Waals surface area contributed by atoms with Crippen LogP contribution in [0.4, 0.5) is 0 Å². The summed E-state index contributed by atoms with van der Waals surface area (Å²) >= 11 is 5.09. The van der Waals surface area contributed by atoms with Crippen molar-refractivity contribution in [1.29, 1.82) is 0 Å². The van der Waals surface area contributed by atoms with Crippen molar-refractivity contribution < 1.29 is 4.74 Å². The molecule has 0 fully saturated rings. The van der Waals surface area contributed by atoms with Crippen LogP contribution >= 0.6 is 27.3 Å². The van der Waals surface area contributed by atoms with E-state index in [0.717, 1.165) is 32.1 Å². The molecule has 0 saturated carbocycles. The van der Waals surface area contributed by atoms with Gasteiger partial charge >= 0.3 is 0 Å². The number of ether oxygens (including phenoxy) is 1. The van der Waals surface area contributed by atoms with E-state index in [1.165, 1.54) is 5.56 Å². The van der Waals surface area contributed by atoms with E-state index in [1.807, 2.05) is 18.2 Å². The van der Waals surface area contributed by atoms with Crippen LogP contribution in [0.3, 0.4) is 0 Å². The maximum absolute atomic E-state index is 5.47. The van der Waals surface area contributed by atoms with Crippen molar-refractivity contribution in [2.24, 2.45) is 0 Å². The first-order valence-corrected chi connectivity index (χ1v) is 8.21. The maximum Gasteiger partial charge on any atom is 0.129 e. The Morgan fingerprint density at radius 3 is 2.57 bits per heavy atom. The zero-order chi connectivity index (χ0) is 14.8. The molecule has 0 spiro atoms. The number of nitrogens with zero attached hydrogens (tertiary/aromatic N) is 1. The second-order valence-electron chi connectivity index (χ2n) is 4.75. The first kappa shape index (κ1) is 14.3. The summed E-state index contributed by atoms with van der Waals surface area (Å²) in [6.07, 6.45) is 0. The number of hydrogen-bond donors (Lipinski definition) is 0. The highest BCUT2D eigenvalue weighted by atomic mass is 79.9. The van der Waals surface area contributed by atoms with E-state index in [1.54, 1.807) is 18.4 Å². The number of rotatable bonds is 3. The predicted octanol–water partition coefficient (Wildman–Crippen LogP) is 5.56. The number of benzene rings is 2. The van der Waals surface area contributed by atoms with Crippen LogP contribution in [0.5, 0.6) is 5.75 Å². The summed E-state index contributed by atoms with van der Waals surface area (Å²) in [5.41, 5.74) is 4.33. The van der Waals surface area contributed by atoms with Gasteiger partial charge in [0.2, 0.25) is 0 Å². The van der Waals surface area contributed by atoms with Gasteiger partial charge < -0.3 is 4.74 Å². The summed E-state index contributed by atoms with van der Waals surface area (Å²) in [7, 11) is 1.70. The molecule has 2 aromatic carbocycles. The van der Waals surface area contributed by atoms with Gasteiger partial charge in [0.05, 0.1) is 18.4 Å². The molecule has 0 bridgehead atoms. The first-order chi connectivity index (χ1) is 10.2. The molecule has 3 rings (SSSR count). The largest absolute Gasteiger partial charge is 0.496 e. The Balaban J connectivity index is 2.00. The van der Waals surface area contributed by atoms with E-state index in [4.69, 9.17) is 9.72 Å². The van der Waals surface area contributed by atoms with E-state index in [0.29, 0.717) is 0 Å². The lowest BCUT2D eigenvalue weighted by atomic mass is 10.1. The maximum atomic E-state index is 5.47. The SMILES string of the molecule is COc1cc(C)ccc1-c1nc(-c2ccc(Br)cc2)cs1. The highest BCUT2D eigenvalue weighted by Crippen LogP contribution is 2.35. The smallest absolute Gasteiger partial charge is 0.129 e. The fourth-order valence-corrected chi connectivity index (χ4v) is 3.25. The Labute approximate surface area is 136 Å². The highest BCUT2D eigenvalue weighted by Gasteiger charge is 2.11. The molecule has 1 aromatic heterocycles. The zero-order valence-electron chi connectivity index (χ0n) is 11.8. The Bertz CT molecular complexity index is 765. The van der Waals surface area contributed by atoms with Crippen molar-refractivity contribution in [2.75, 3.05) is 7.11 Å². The van der Waals surface area contributed by atoms with E-state index in [-0.39, 0.29) is 0 Å². The molecule has 1 heterocycles. The number of hydrogen-bond acceptors (Lipinski definition) is 3. The molecule has 0 amide bonds. The average molecular weight is 360 g/mol. The van der Waals surface area contributed by atoms with Crippen LogP contribution in [0.25, 0.3) is 21.8 Å². The third-order valence-corrected chi connectivity index (χ3v) is 4.64. The molecule has 21 heavy (non-hydrogen) atoms. The van der Waals surface area contributed by atoms with Gasteiger partial charge in [-0.2, -0.15) is 0 Å². The summed E-state index contributed by atoms with van der Waals surface area (Å²) in [6.45, 7) is 2.06. The molecule has 0 unspecified atom stereocenters. The number of methoxy groups -OCH3 is 1. The minimum absolute atomic E-state index is 0.867. The summed E-state index contributed by atoms with van der Waals surface area (Å²) in [6, 6.07) is 14.4. The monoisotopic (exact) mass is 359 g/mol. The molecule has 2 nitrogen and oxygen atoms in total. The summed E-state index contributed by atoms with van der Waals surface area (Å²) in [5, 5.41) is 3.06. The lowest BCUT2D eigenvalue weighted by Crippen LogP contribution is -1.88. The first-order valence-electron chi connectivity index (χ1n) is 6.54. The van der Waals surface area contributed by atoms with Gasteiger partial charge in [-0.25, -0.2) is 4.98 Å². The van der Waals surface area contributed by atoms with Crippen LogP contribution in [-0.2, 0) is 0 Å². The molecule has 106 valence electrons. The Hall–Kier alpha value is -1.65. The normalized spacial score (nSPS) is 10.6. The van der Waals surface area contributed by atoms with Gasteiger partial charge in [0.25, 0.3) is 0 Å². The van der Waals surface area contributed by atoms with Crippen LogP contribution in [-0.4, -0.2) is 12.1 Å². The fraction of sp³-hybridized carbons (Fsp3) is 0.118. The van der Waals surface area contributed by atoms with Gasteiger partial charge in [-0.05, 0) is 36.8 Å². The van der Waals surface area contributed by atoms with Crippen molar-refractivity contribution >= 4 is 27.3 Å². The van der Waals surface area contributed by atoms with Crippen molar-refractivity contribution in [3.8, 4) is 27.6 Å².